The first-order valence-electron chi connectivity index (χ1n) is 8.01. The highest BCUT2D eigenvalue weighted by Crippen LogP contribution is 2.19. The number of nitrogens with zero attached hydrogens (tertiary/aromatic N) is 4. The van der Waals surface area contributed by atoms with E-state index in [9.17, 15) is 4.79 Å². The molecule has 0 saturated heterocycles. The molecular formula is C18H18ClN5O. The third-order valence-electron chi connectivity index (χ3n) is 3.89. The second-order valence-corrected chi connectivity index (χ2v) is 6.22. The molecule has 0 spiro atoms. The van der Waals surface area contributed by atoms with Gasteiger partial charge in [-0.15, -0.1) is 5.10 Å². The van der Waals surface area contributed by atoms with Crippen LogP contribution in [0.3, 0.4) is 0 Å². The van der Waals surface area contributed by atoms with Gasteiger partial charge in [0.15, 0.2) is 0 Å². The highest BCUT2D eigenvalue weighted by Gasteiger charge is 2.15. The van der Waals surface area contributed by atoms with Crippen molar-refractivity contribution >= 4 is 17.5 Å². The molecule has 0 unspecified atom stereocenters. The lowest BCUT2D eigenvalue weighted by molar-refractivity contribution is 0.0938. The maximum atomic E-state index is 12.6. The average molecular weight is 356 g/mol. The molecule has 0 bridgehead atoms. The minimum atomic E-state index is -0.208. The van der Waals surface area contributed by atoms with Gasteiger partial charge >= 0.3 is 0 Å². The number of tetrazole rings is 1. The van der Waals surface area contributed by atoms with Crippen LogP contribution in [-0.2, 0) is 6.42 Å². The first kappa shape index (κ1) is 17.1. The lowest BCUT2D eigenvalue weighted by Gasteiger charge is -2.15. The number of aromatic nitrogens is 4. The molecule has 3 rings (SSSR count). The second kappa shape index (κ2) is 7.90. The van der Waals surface area contributed by atoms with Crippen molar-refractivity contribution < 1.29 is 4.79 Å². The minimum absolute atomic E-state index is 0.0282. The quantitative estimate of drug-likeness (QED) is 0.737. The summed E-state index contributed by atoms with van der Waals surface area (Å²) in [5.74, 6) is -0.208. The number of nitrogens with one attached hydrogen (secondary N) is 1. The van der Waals surface area contributed by atoms with Crippen LogP contribution in [0.1, 0.15) is 29.3 Å². The highest BCUT2D eigenvalue weighted by molar-refractivity contribution is 6.33. The Hall–Kier alpha value is -2.73. The summed E-state index contributed by atoms with van der Waals surface area (Å²) in [5, 5.41) is 14.4. The number of halogens is 1. The maximum absolute atomic E-state index is 12.6. The van der Waals surface area contributed by atoms with Crippen molar-refractivity contribution in [3.05, 3.63) is 71.0 Å². The van der Waals surface area contributed by atoms with E-state index in [1.807, 2.05) is 25.1 Å². The van der Waals surface area contributed by atoms with Crippen molar-refractivity contribution in [1.82, 2.24) is 25.5 Å². The first-order valence-corrected chi connectivity index (χ1v) is 8.39. The summed E-state index contributed by atoms with van der Waals surface area (Å²) in [4.78, 5) is 12.6. The molecule has 0 radical (unpaired) electrons. The zero-order chi connectivity index (χ0) is 17.6. The molecule has 0 aliphatic carbocycles. The average Bonchev–Trinajstić information content (AvgIpc) is 3.16. The molecule has 1 amide bonds. The Labute approximate surface area is 150 Å². The summed E-state index contributed by atoms with van der Waals surface area (Å²) in [6, 6.07) is 15.3. The molecule has 2 aromatic carbocycles. The van der Waals surface area contributed by atoms with Crippen LogP contribution < -0.4 is 5.32 Å². The Morgan fingerprint density at radius 2 is 2.04 bits per heavy atom. The topological polar surface area (TPSA) is 72.7 Å². The van der Waals surface area contributed by atoms with Gasteiger partial charge in [-0.1, -0.05) is 41.9 Å². The summed E-state index contributed by atoms with van der Waals surface area (Å²) >= 11 is 6.19. The van der Waals surface area contributed by atoms with Crippen LogP contribution in [0.2, 0.25) is 5.02 Å². The van der Waals surface area contributed by atoms with Crippen molar-refractivity contribution in [2.75, 3.05) is 0 Å². The van der Waals surface area contributed by atoms with E-state index in [4.69, 9.17) is 11.6 Å². The maximum Gasteiger partial charge on any atom is 0.253 e. The number of hydrogen-bond donors (Lipinski definition) is 1. The van der Waals surface area contributed by atoms with Gasteiger partial charge < -0.3 is 5.32 Å². The Morgan fingerprint density at radius 3 is 2.76 bits per heavy atom. The normalized spacial score (nSPS) is 11.9. The Kier molecular flexibility index (Phi) is 5.40. The van der Waals surface area contributed by atoms with Crippen LogP contribution in [0.15, 0.2) is 54.9 Å². The van der Waals surface area contributed by atoms with Crippen LogP contribution in [0, 0.1) is 0 Å². The summed E-state index contributed by atoms with van der Waals surface area (Å²) in [5.41, 5.74) is 2.33. The fraction of sp³-hybridized carbons (Fsp3) is 0.222. The molecule has 7 heteroatoms. The number of hydrogen-bond acceptors (Lipinski definition) is 4. The van der Waals surface area contributed by atoms with E-state index in [0.717, 1.165) is 12.8 Å². The van der Waals surface area contributed by atoms with Crippen molar-refractivity contribution in [2.24, 2.45) is 0 Å². The second-order valence-electron chi connectivity index (χ2n) is 5.82. The van der Waals surface area contributed by atoms with Gasteiger partial charge in [0.2, 0.25) is 0 Å². The molecule has 6 nitrogen and oxygen atoms in total. The molecule has 25 heavy (non-hydrogen) atoms. The van der Waals surface area contributed by atoms with E-state index in [-0.39, 0.29) is 11.9 Å². The minimum Gasteiger partial charge on any atom is -0.350 e. The van der Waals surface area contributed by atoms with Crippen LogP contribution in [-0.4, -0.2) is 32.2 Å². The smallest absolute Gasteiger partial charge is 0.253 e. The largest absolute Gasteiger partial charge is 0.350 e. The third kappa shape index (κ3) is 4.42. The van der Waals surface area contributed by atoms with Gasteiger partial charge in [-0.25, -0.2) is 4.68 Å². The van der Waals surface area contributed by atoms with Crippen LogP contribution >= 0.6 is 11.6 Å². The van der Waals surface area contributed by atoms with Gasteiger partial charge in [0.1, 0.15) is 6.33 Å². The SMILES string of the molecule is C[C@@H](CCc1ccccc1)NC(=O)c1cc(-n2cnnn2)ccc1Cl. The molecule has 0 aliphatic heterocycles. The predicted octanol–water partition coefficient (Wildman–Crippen LogP) is 3.07. The summed E-state index contributed by atoms with van der Waals surface area (Å²) in [6.45, 7) is 1.99. The van der Waals surface area contributed by atoms with Crippen molar-refractivity contribution in [3.8, 4) is 5.69 Å². The van der Waals surface area contributed by atoms with Gasteiger partial charge in [-0.3, -0.25) is 4.79 Å². The zero-order valence-corrected chi connectivity index (χ0v) is 14.5. The Morgan fingerprint density at radius 1 is 1.24 bits per heavy atom. The Balaban J connectivity index is 1.65. The van der Waals surface area contributed by atoms with Crippen LogP contribution in [0.4, 0.5) is 0 Å². The molecule has 1 N–H and O–H groups in total. The molecule has 0 fully saturated rings. The van der Waals surface area contributed by atoms with Gasteiger partial charge in [0, 0.05) is 6.04 Å². The number of carbonyl (C=O) groups is 1. The number of benzene rings is 2. The lowest BCUT2D eigenvalue weighted by atomic mass is 10.1. The first-order chi connectivity index (χ1) is 12.1. The third-order valence-corrected chi connectivity index (χ3v) is 4.22. The number of amides is 1. The molecule has 128 valence electrons. The summed E-state index contributed by atoms with van der Waals surface area (Å²) in [6.07, 6.45) is 3.22. The van der Waals surface area contributed by atoms with E-state index in [0.29, 0.717) is 16.3 Å². The zero-order valence-electron chi connectivity index (χ0n) is 13.8. The predicted molar refractivity (Wildman–Crippen MR) is 95.9 cm³/mol. The van der Waals surface area contributed by atoms with E-state index in [2.05, 4.69) is 33.0 Å². The molecular weight excluding hydrogens is 338 g/mol. The van der Waals surface area contributed by atoms with E-state index in [1.54, 1.807) is 18.2 Å². The molecule has 0 saturated carbocycles. The number of aryl methyl sites for hydroxylation is 1. The van der Waals surface area contributed by atoms with Crippen molar-refractivity contribution in [3.63, 3.8) is 0 Å². The van der Waals surface area contributed by atoms with Gasteiger partial charge in [0.25, 0.3) is 5.91 Å². The number of carbonyl (C=O) groups excluding carboxylic acids is 1. The van der Waals surface area contributed by atoms with Crippen LogP contribution in [0.5, 0.6) is 0 Å². The molecule has 1 atom stereocenters. The van der Waals surface area contributed by atoms with E-state index >= 15 is 0 Å². The molecule has 1 aromatic heterocycles. The molecule has 1 heterocycles. The molecule has 3 aromatic rings. The lowest BCUT2D eigenvalue weighted by Crippen LogP contribution is -2.33. The van der Waals surface area contributed by atoms with E-state index in [1.165, 1.54) is 16.6 Å². The summed E-state index contributed by atoms with van der Waals surface area (Å²) < 4.78 is 1.48. The van der Waals surface area contributed by atoms with Gasteiger partial charge in [0.05, 0.1) is 16.3 Å². The van der Waals surface area contributed by atoms with Crippen LogP contribution in [0.25, 0.3) is 5.69 Å². The fourth-order valence-corrected chi connectivity index (χ4v) is 2.71. The Bertz CT molecular complexity index is 836. The van der Waals surface area contributed by atoms with Gasteiger partial charge in [-0.05, 0) is 54.0 Å². The van der Waals surface area contributed by atoms with E-state index < -0.39 is 0 Å². The monoisotopic (exact) mass is 355 g/mol. The van der Waals surface area contributed by atoms with Crippen molar-refractivity contribution in [1.29, 1.82) is 0 Å². The van der Waals surface area contributed by atoms with Gasteiger partial charge in [-0.2, -0.15) is 0 Å². The molecule has 0 aliphatic rings. The standard InChI is InChI=1S/C18H18ClN5O/c1-13(7-8-14-5-3-2-4-6-14)21-18(25)16-11-15(9-10-17(16)19)24-12-20-22-23-24/h2-6,9-13H,7-8H2,1H3,(H,21,25)/t13-/m0/s1. The fourth-order valence-electron chi connectivity index (χ4n) is 2.51. The van der Waals surface area contributed by atoms with Crippen molar-refractivity contribution in [2.45, 2.75) is 25.8 Å². The highest BCUT2D eigenvalue weighted by atomic mass is 35.5. The summed E-state index contributed by atoms with van der Waals surface area (Å²) in [7, 11) is 0. The number of rotatable bonds is 6.